The number of amides is 1. The number of aromatic nitrogens is 1. The minimum Gasteiger partial charge on any atom is -0.351 e. The van der Waals surface area contributed by atoms with Crippen LogP contribution in [0, 0.1) is 6.92 Å². The molecule has 8 heteroatoms. The summed E-state index contributed by atoms with van der Waals surface area (Å²) in [4.78, 5) is 12.1. The Morgan fingerprint density at radius 2 is 1.78 bits per heavy atom. The van der Waals surface area contributed by atoms with E-state index >= 15 is 0 Å². The maximum absolute atomic E-state index is 12.4. The predicted octanol–water partition coefficient (Wildman–Crippen LogP) is 2.76. The molecule has 0 saturated heterocycles. The molecule has 0 fully saturated rings. The maximum atomic E-state index is 12.4. The summed E-state index contributed by atoms with van der Waals surface area (Å²) in [5.74, 6) is -0.362. The van der Waals surface area contributed by atoms with Gasteiger partial charge in [0.2, 0.25) is 15.8 Å². The van der Waals surface area contributed by atoms with Crippen LogP contribution in [0.15, 0.2) is 70.1 Å². The van der Waals surface area contributed by atoms with Crippen LogP contribution in [0.2, 0.25) is 0 Å². The molecule has 1 heterocycles. The molecule has 0 aliphatic heterocycles. The number of sulfonamides is 1. The zero-order chi connectivity index (χ0) is 19.3. The first-order chi connectivity index (χ1) is 12.9. The fourth-order valence-electron chi connectivity index (χ4n) is 2.44. The van der Waals surface area contributed by atoms with Crippen LogP contribution >= 0.6 is 0 Å². The highest BCUT2D eigenvalue weighted by atomic mass is 32.2. The minimum atomic E-state index is -3.62. The van der Waals surface area contributed by atoms with Crippen molar-refractivity contribution in [3.8, 4) is 0 Å². The molecule has 0 aliphatic carbocycles. The quantitative estimate of drug-likeness (QED) is 0.651. The molecule has 0 radical (unpaired) electrons. The van der Waals surface area contributed by atoms with E-state index in [4.69, 9.17) is 4.52 Å². The molecule has 140 valence electrons. The number of benzene rings is 2. The molecule has 0 bridgehead atoms. The Morgan fingerprint density at radius 3 is 2.41 bits per heavy atom. The molecule has 7 nitrogen and oxygen atoms in total. The van der Waals surface area contributed by atoms with Gasteiger partial charge in [-0.3, -0.25) is 4.79 Å². The van der Waals surface area contributed by atoms with Crippen molar-refractivity contribution < 1.29 is 17.7 Å². The van der Waals surface area contributed by atoms with Gasteiger partial charge in [0.05, 0.1) is 10.6 Å². The molecular weight excluding hydrogens is 366 g/mol. The zero-order valence-corrected chi connectivity index (χ0v) is 15.5. The normalized spacial score (nSPS) is 11.3. The van der Waals surface area contributed by atoms with Crippen molar-refractivity contribution >= 4 is 21.6 Å². The summed E-state index contributed by atoms with van der Waals surface area (Å²) in [6.45, 7) is 2.01. The summed E-state index contributed by atoms with van der Waals surface area (Å²) in [6, 6.07) is 17.1. The van der Waals surface area contributed by atoms with Gasteiger partial charge in [0.1, 0.15) is 0 Å². The number of nitrogens with one attached hydrogen (secondary N) is 2. The topological polar surface area (TPSA) is 101 Å². The van der Waals surface area contributed by atoms with Crippen molar-refractivity contribution in [1.82, 2.24) is 9.88 Å². The van der Waals surface area contributed by atoms with Crippen molar-refractivity contribution in [2.45, 2.75) is 18.2 Å². The van der Waals surface area contributed by atoms with Crippen LogP contribution in [0.5, 0.6) is 0 Å². The first kappa shape index (κ1) is 18.8. The Kier molecular flexibility index (Phi) is 5.68. The summed E-state index contributed by atoms with van der Waals surface area (Å²) in [7, 11) is -3.62. The fourth-order valence-corrected chi connectivity index (χ4v) is 3.47. The first-order valence-corrected chi connectivity index (χ1v) is 9.81. The van der Waals surface area contributed by atoms with Crippen molar-refractivity contribution in [3.05, 3.63) is 77.7 Å². The lowest BCUT2D eigenvalue weighted by Gasteiger charge is -2.08. The van der Waals surface area contributed by atoms with Crippen molar-refractivity contribution in [1.29, 1.82) is 0 Å². The highest BCUT2D eigenvalue weighted by Crippen LogP contribution is 2.15. The number of nitrogens with zero attached hydrogens (tertiary/aromatic N) is 1. The highest BCUT2D eigenvalue weighted by Gasteiger charge is 2.15. The van der Waals surface area contributed by atoms with Crippen LogP contribution in [0.3, 0.4) is 0 Å². The van der Waals surface area contributed by atoms with Crippen LogP contribution in [-0.2, 0) is 16.4 Å². The zero-order valence-electron chi connectivity index (χ0n) is 14.7. The van der Waals surface area contributed by atoms with Crippen LogP contribution in [0.4, 0.5) is 5.69 Å². The summed E-state index contributed by atoms with van der Waals surface area (Å²) >= 11 is 0. The Morgan fingerprint density at radius 1 is 1.07 bits per heavy atom. The molecule has 0 aliphatic rings. The molecule has 0 spiro atoms. The van der Waals surface area contributed by atoms with Gasteiger partial charge in [0, 0.05) is 18.3 Å². The van der Waals surface area contributed by atoms with Gasteiger partial charge in [0.25, 0.3) is 5.91 Å². The van der Waals surface area contributed by atoms with Crippen LogP contribution in [0.25, 0.3) is 0 Å². The van der Waals surface area contributed by atoms with Crippen LogP contribution in [-0.4, -0.2) is 26.0 Å². The third kappa shape index (κ3) is 5.02. The number of carbonyl (C=O) groups is 1. The van der Waals surface area contributed by atoms with E-state index in [-0.39, 0.29) is 10.7 Å². The van der Waals surface area contributed by atoms with E-state index in [1.165, 1.54) is 30.3 Å². The van der Waals surface area contributed by atoms with Gasteiger partial charge < -0.3 is 9.84 Å². The molecule has 3 rings (SSSR count). The summed E-state index contributed by atoms with van der Waals surface area (Å²) in [6.07, 6.45) is 0.602. The molecule has 0 unspecified atom stereocenters. The van der Waals surface area contributed by atoms with Crippen LogP contribution < -0.4 is 10.0 Å². The summed E-state index contributed by atoms with van der Waals surface area (Å²) in [5, 5.41) is 6.28. The maximum Gasteiger partial charge on any atom is 0.294 e. The average molecular weight is 385 g/mol. The molecule has 0 atom stereocenters. The number of anilines is 1. The molecule has 2 aromatic carbocycles. The van der Waals surface area contributed by atoms with Crippen LogP contribution in [0.1, 0.15) is 21.8 Å². The summed E-state index contributed by atoms with van der Waals surface area (Å²) < 4.78 is 32.2. The molecule has 2 N–H and O–H groups in total. The second kappa shape index (κ2) is 8.15. The van der Waals surface area contributed by atoms with Gasteiger partial charge in [0.15, 0.2) is 0 Å². The van der Waals surface area contributed by atoms with E-state index in [1.807, 2.05) is 30.3 Å². The molecular formula is C19H19N3O4S. The Hall–Kier alpha value is -2.97. The fraction of sp³-hybridized carbons (Fsp3) is 0.158. The van der Waals surface area contributed by atoms with Crippen molar-refractivity contribution in [2.24, 2.45) is 0 Å². The smallest absolute Gasteiger partial charge is 0.294 e. The second-order valence-corrected chi connectivity index (χ2v) is 7.71. The summed E-state index contributed by atoms with van der Waals surface area (Å²) in [5.41, 5.74) is 2.11. The second-order valence-electron chi connectivity index (χ2n) is 5.94. The van der Waals surface area contributed by atoms with Crippen molar-refractivity contribution in [2.75, 3.05) is 11.9 Å². The lowest BCUT2D eigenvalue weighted by atomic mass is 10.2. The third-order valence-electron chi connectivity index (χ3n) is 3.82. The highest BCUT2D eigenvalue weighted by molar-refractivity contribution is 7.89. The van der Waals surface area contributed by atoms with Gasteiger partial charge in [-0.2, -0.15) is 0 Å². The first-order valence-electron chi connectivity index (χ1n) is 8.32. The van der Waals surface area contributed by atoms with Gasteiger partial charge in [-0.05, 0) is 43.2 Å². The molecule has 1 amide bonds. The number of carbonyl (C=O) groups excluding carboxylic acids is 1. The Balaban J connectivity index is 1.59. The molecule has 1 aromatic heterocycles. The van der Waals surface area contributed by atoms with E-state index < -0.39 is 15.9 Å². The third-order valence-corrected chi connectivity index (χ3v) is 5.30. The van der Waals surface area contributed by atoms with E-state index in [9.17, 15) is 13.2 Å². The standard InChI is InChI=1S/C19H19N3O4S/c1-14-13-18(26-22-14)19(23)21-16-7-9-17(10-8-16)27(24,25)20-12-11-15-5-3-2-4-6-15/h2-10,13,20H,11-12H2,1H3,(H,21,23). The molecule has 3 aromatic rings. The average Bonchev–Trinajstić information content (AvgIpc) is 3.09. The minimum absolute atomic E-state index is 0.0896. The van der Waals surface area contributed by atoms with Gasteiger partial charge >= 0.3 is 0 Å². The Labute approximate surface area is 157 Å². The number of hydrogen-bond donors (Lipinski definition) is 2. The number of aryl methyl sites for hydroxylation is 1. The number of rotatable bonds is 7. The lowest BCUT2D eigenvalue weighted by Crippen LogP contribution is -2.26. The molecule has 27 heavy (non-hydrogen) atoms. The van der Waals surface area contributed by atoms with E-state index in [0.717, 1.165) is 5.56 Å². The monoisotopic (exact) mass is 385 g/mol. The van der Waals surface area contributed by atoms with Gasteiger partial charge in [-0.15, -0.1) is 0 Å². The SMILES string of the molecule is Cc1cc(C(=O)Nc2ccc(S(=O)(=O)NCCc3ccccc3)cc2)on1. The lowest BCUT2D eigenvalue weighted by molar-refractivity contribution is 0.0988. The van der Waals surface area contributed by atoms with E-state index in [0.29, 0.717) is 24.3 Å². The van der Waals surface area contributed by atoms with Crippen molar-refractivity contribution in [3.63, 3.8) is 0 Å². The predicted molar refractivity (Wildman–Crippen MR) is 101 cm³/mol. The van der Waals surface area contributed by atoms with E-state index in [2.05, 4.69) is 15.2 Å². The van der Waals surface area contributed by atoms with E-state index in [1.54, 1.807) is 6.92 Å². The largest absolute Gasteiger partial charge is 0.351 e. The Bertz CT molecular complexity index is 1010. The molecule has 0 saturated carbocycles. The van der Waals surface area contributed by atoms with Gasteiger partial charge in [-0.25, -0.2) is 13.1 Å². The number of hydrogen-bond acceptors (Lipinski definition) is 5. The van der Waals surface area contributed by atoms with Gasteiger partial charge in [-0.1, -0.05) is 35.5 Å².